The van der Waals surface area contributed by atoms with Crippen molar-refractivity contribution < 1.29 is 14.3 Å². The van der Waals surface area contributed by atoms with Crippen LogP contribution in [0.25, 0.3) is 11.1 Å². The first-order chi connectivity index (χ1) is 12.6. The average Bonchev–Trinajstić information content (AvgIpc) is 2.68. The van der Waals surface area contributed by atoms with Gasteiger partial charge >= 0.3 is 5.97 Å². The molecule has 0 saturated heterocycles. The largest absolute Gasteiger partial charge is 0.481 e. The van der Waals surface area contributed by atoms with E-state index in [-0.39, 0.29) is 13.2 Å². The summed E-state index contributed by atoms with van der Waals surface area (Å²) in [6, 6.07) is 22.5. The molecule has 0 atom stereocenters. The Morgan fingerprint density at radius 1 is 0.846 bits per heavy atom. The van der Waals surface area contributed by atoms with Crippen molar-refractivity contribution in [3.8, 4) is 16.9 Å². The Hall–Kier alpha value is -2.49. The number of hydrogen-bond acceptors (Lipinski definition) is 3. The monoisotopic (exact) mass is 386 g/mol. The van der Waals surface area contributed by atoms with Gasteiger partial charge in [-0.05, 0) is 29.3 Å². The Morgan fingerprint density at radius 3 is 2.35 bits per heavy atom. The summed E-state index contributed by atoms with van der Waals surface area (Å²) in [5, 5.41) is 0.885. The van der Waals surface area contributed by atoms with Gasteiger partial charge in [0, 0.05) is 5.56 Å². The fourth-order valence-electron chi connectivity index (χ4n) is 2.42. The number of hydrogen-bond donors (Lipinski definition) is 0. The molecule has 3 nitrogen and oxygen atoms in total. The van der Waals surface area contributed by atoms with Crippen molar-refractivity contribution >= 4 is 29.2 Å². The highest BCUT2D eigenvalue weighted by Gasteiger charge is 2.10. The van der Waals surface area contributed by atoms with E-state index in [1.54, 1.807) is 18.2 Å². The highest BCUT2D eigenvalue weighted by molar-refractivity contribution is 6.42. The van der Waals surface area contributed by atoms with Gasteiger partial charge in [-0.1, -0.05) is 77.8 Å². The second-order valence-corrected chi connectivity index (χ2v) is 6.37. The lowest BCUT2D eigenvalue weighted by molar-refractivity contribution is -0.147. The van der Waals surface area contributed by atoms with E-state index in [4.69, 9.17) is 32.7 Å². The van der Waals surface area contributed by atoms with Crippen LogP contribution >= 0.6 is 23.2 Å². The number of halogens is 2. The van der Waals surface area contributed by atoms with Crippen LogP contribution in [0.2, 0.25) is 10.0 Å². The molecule has 132 valence electrons. The molecule has 3 aromatic carbocycles. The Labute approximate surface area is 162 Å². The maximum atomic E-state index is 12.0. The van der Waals surface area contributed by atoms with Gasteiger partial charge in [-0.3, -0.25) is 0 Å². The number of benzene rings is 3. The van der Waals surface area contributed by atoms with Crippen molar-refractivity contribution in [3.63, 3.8) is 0 Å². The van der Waals surface area contributed by atoms with E-state index in [1.807, 2.05) is 54.6 Å². The average molecular weight is 387 g/mol. The predicted molar refractivity (Wildman–Crippen MR) is 104 cm³/mol. The maximum Gasteiger partial charge on any atom is 0.344 e. The standard InChI is InChI=1S/C21H16Cl2O3/c22-18-11-10-15(12-19(18)23)13-26-21(24)14-25-20-9-5-4-8-17(20)16-6-2-1-3-7-16/h1-12H,13-14H2. The van der Waals surface area contributed by atoms with Crippen molar-refractivity contribution in [2.24, 2.45) is 0 Å². The number of esters is 1. The van der Waals surface area contributed by atoms with Crippen LogP contribution in [0.4, 0.5) is 0 Å². The summed E-state index contributed by atoms with van der Waals surface area (Å²) in [5.41, 5.74) is 2.70. The van der Waals surface area contributed by atoms with E-state index in [0.29, 0.717) is 15.8 Å². The third kappa shape index (κ3) is 4.78. The molecule has 3 aromatic rings. The first-order valence-corrected chi connectivity index (χ1v) is 8.76. The quantitative estimate of drug-likeness (QED) is 0.503. The minimum absolute atomic E-state index is 0.111. The topological polar surface area (TPSA) is 35.5 Å². The van der Waals surface area contributed by atoms with Gasteiger partial charge in [-0.2, -0.15) is 0 Å². The van der Waals surface area contributed by atoms with Gasteiger partial charge in [-0.25, -0.2) is 4.79 Å². The van der Waals surface area contributed by atoms with E-state index >= 15 is 0 Å². The fourth-order valence-corrected chi connectivity index (χ4v) is 2.74. The summed E-state index contributed by atoms with van der Waals surface area (Å²) in [5.74, 6) is 0.170. The van der Waals surface area contributed by atoms with Crippen LogP contribution in [-0.2, 0) is 16.1 Å². The van der Waals surface area contributed by atoms with Crippen molar-refractivity contribution in [2.75, 3.05) is 6.61 Å². The van der Waals surface area contributed by atoms with E-state index in [9.17, 15) is 4.79 Å². The molecule has 3 rings (SSSR count). The normalized spacial score (nSPS) is 10.4. The zero-order valence-corrected chi connectivity index (χ0v) is 15.3. The summed E-state index contributed by atoms with van der Waals surface area (Å²) in [7, 11) is 0. The third-order valence-electron chi connectivity index (χ3n) is 3.70. The summed E-state index contributed by atoms with van der Waals surface area (Å²) in [6.07, 6.45) is 0. The first-order valence-electron chi connectivity index (χ1n) is 8.00. The number of carbonyl (C=O) groups is 1. The summed E-state index contributed by atoms with van der Waals surface area (Å²) in [6.45, 7) is -0.0649. The number of rotatable bonds is 6. The molecule has 0 N–H and O–H groups in total. The lowest BCUT2D eigenvalue weighted by atomic mass is 10.1. The molecule has 0 aromatic heterocycles. The van der Waals surface area contributed by atoms with E-state index in [1.165, 1.54) is 0 Å². The van der Waals surface area contributed by atoms with Crippen LogP contribution in [0, 0.1) is 0 Å². The molecule has 0 heterocycles. The van der Waals surface area contributed by atoms with Crippen LogP contribution in [0.5, 0.6) is 5.75 Å². The molecular weight excluding hydrogens is 371 g/mol. The minimum atomic E-state index is -0.459. The molecule has 5 heteroatoms. The highest BCUT2D eigenvalue weighted by atomic mass is 35.5. The van der Waals surface area contributed by atoms with Crippen molar-refractivity contribution in [3.05, 3.63) is 88.4 Å². The molecule has 0 spiro atoms. The number of ether oxygens (including phenoxy) is 2. The highest BCUT2D eigenvalue weighted by Crippen LogP contribution is 2.29. The predicted octanol–water partition coefficient (Wildman–Crippen LogP) is 5.78. The molecule has 0 aliphatic carbocycles. The van der Waals surface area contributed by atoms with Gasteiger partial charge in [0.05, 0.1) is 10.0 Å². The van der Waals surface area contributed by atoms with Crippen LogP contribution < -0.4 is 4.74 Å². The van der Waals surface area contributed by atoms with Crippen LogP contribution in [0.1, 0.15) is 5.56 Å². The molecular formula is C21H16Cl2O3. The van der Waals surface area contributed by atoms with Gasteiger partial charge in [0.2, 0.25) is 0 Å². The number of para-hydroxylation sites is 1. The van der Waals surface area contributed by atoms with Crippen molar-refractivity contribution in [1.82, 2.24) is 0 Å². The van der Waals surface area contributed by atoms with Crippen LogP contribution in [0.15, 0.2) is 72.8 Å². The Bertz CT molecular complexity index is 895. The number of carbonyl (C=O) groups excluding carboxylic acids is 1. The molecule has 0 radical (unpaired) electrons. The summed E-state index contributed by atoms with van der Waals surface area (Å²) >= 11 is 11.8. The van der Waals surface area contributed by atoms with Crippen molar-refractivity contribution in [1.29, 1.82) is 0 Å². The van der Waals surface area contributed by atoms with Crippen molar-refractivity contribution in [2.45, 2.75) is 6.61 Å². The molecule has 26 heavy (non-hydrogen) atoms. The Balaban J connectivity index is 1.59. The third-order valence-corrected chi connectivity index (χ3v) is 4.44. The molecule has 0 unspecified atom stereocenters. The van der Waals surface area contributed by atoms with E-state index in [0.717, 1.165) is 16.7 Å². The van der Waals surface area contributed by atoms with Crippen LogP contribution in [-0.4, -0.2) is 12.6 Å². The van der Waals surface area contributed by atoms with E-state index < -0.39 is 5.97 Å². The van der Waals surface area contributed by atoms with E-state index in [2.05, 4.69) is 0 Å². The van der Waals surface area contributed by atoms with Crippen LogP contribution in [0.3, 0.4) is 0 Å². The van der Waals surface area contributed by atoms with Gasteiger partial charge in [0.15, 0.2) is 6.61 Å². The Kier molecular flexibility index (Phi) is 6.16. The first kappa shape index (κ1) is 18.3. The Morgan fingerprint density at radius 2 is 1.58 bits per heavy atom. The zero-order chi connectivity index (χ0) is 18.4. The summed E-state index contributed by atoms with van der Waals surface area (Å²) in [4.78, 5) is 12.0. The maximum absolute atomic E-state index is 12.0. The smallest absolute Gasteiger partial charge is 0.344 e. The second kappa shape index (κ2) is 8.75. The van der Waals surface area contributed by atoms with Gasteiger partial charge in [0.1, 0.15) is 12.4 Å². The molecule has 0 amide bonds. The summed E-state index contributed by atoms with van der Waals surface area (Å²) < 4.78 is 10.9. The molecule has 0 aliphatic heterocycles. The lowest BCUT2D eigenvalue weighted by Crippen LogP contribution is -2.15. The molecule has 0 fully saturated rings. The SMILES string of the molecule is O=C(COc1ccccc1-c1ccccc1)OCc1ccc(Cl)c(Cl)c1. The van der Waals surface area contributed by atoms with Gasteiger partial charge < -0.3 is 9.47 Å². The lowest BCUT2D eigenvalue weighted by Gasteiger charge is -2.11. The molecule has 0 saturated carbocycles. The molecule has 0 bridgehead atoms. The second-order valence-electron chi connectivity index (χ2n) is 5.56. The molecule has 0 aliphatic rings. The van der Waals surface area contributed by atoms with Gasteiger partial charge in [-0.15, -0.1) is 0 Å². The van der Waals surface area contributed by atoms with Gasteiger partial charge in [0.25, 0.3) is 0 Å². The fraction of sp³-hybridized carbons (Fsp3) is 0.0952. The zero-order valence-electron chi connectivity index (χ0n) is 13.8. The minimum Gasteiger partial charge on any atom is -0.481 e.